The van der Waals surface area contributed by atoms with E-state index in [1.807, 2.05) is 48.5 Å². The number of hydrogen-bond donors (Lipinski definition) is 1. The molecule has 6 heteroatoms. The molecule has 0 unspecified atom stereocenters. The zero-order valence-electron chi connectivity index (χ0n) is 16.1. The second-order valence-electron chi connectivity index (χ2n) is 6.66. The Bertz CT molecular complexity index is 983. The van der Waals surface area contributed by atoms with E-state index in [-0.39, 0.29) is 17.7 Å². The topological polar surface area (TPSA) is 68.2 Å². The van der Waals surface area contributed by atoms with Crippen molar-refractivity contribution in [2.24, 2.45) is 0 Å². The smallest absolute Gasteiger partial charge is 0.271 e. The number of rotatable bonds is 6. The van der Waals surface area contributed by atoms with E-state index >= 15 is 0 Å². The Kier molecular flexibility index (Phi) is 4.99. The number of carbonyl (C=O) groups excluding carboxylic acids is 1. The van der Waals surface area contributed by atoms with Gasteiger partial charge in [-0.05, 0) is 66.2 Å². The summed E-state index contributed by atoms with van der Waals surface area (Å²) in [4.78, 5) is 14.7. The first-order valence-electron chi connectivity index (χ1n) is 9.17. The van der Waals surface area contributed by atoms with Gasteiger partial charge in [-0.25, -0.2) is 0 Å². The SMILES string of the molecule is COc1ccc([C@H]2[C@@H](Oc3ccc(O)cc3)C(=O)N2c2ccc(OC)cc2)cc1. The highest BCUT2D eigenvalue weighted by molar-refractivity contribution is 6.05. The molecule has 6 nitrogen and oxygen atoms in total. The van der Waals surface area contributed by atoms with Gasteiger partial charge in [0.25, 0.3) is 5.91 Å². The third-order valence-electron chi connectivity index (χ3n) is 4.95. The lowest BCUT2D eigenvalue weighted by molar-refractivity contribution is -0.135. The van der Waals surface area contributed by atoms with Crippen LogP contribution in [0.15, 0.2) is 72.8 Å². The van der Waals surface area contributed by atoms with E-state index in [0.717, 1.165) is 22.7 Å². The van der Waals surface area contributed by atoms with E-state index in [4.69, 9.17) is 14.2 Å². The molecule has 0 spiro atoms. The first-order chi connectivity index (χ1) is 14.1. The van der Waals surface area contributed by atoms with Crippen LogP contribution in [0.25, 0.3) is 0 Å². The van der Waals surface area contributed by atoms with E-state index in [1.165, 1.54) is 12.1 Å². The molecule has 2 atom stereocenters. The summed E-state index contributed by atoms with van der Waals surface area (Å²) in [5.41, 5.74) is 1.70. The van der Waals surface area contributed by atoms with Crippen LogP contribution < -0.4 is 19.1 Å². The van der Waals surface area contributed by atoms with Crippen molar-refractivity contribution < 1.29 is 24.1 Å². The Hall–Kier alpha value is -3.67. The molecule has 3 aromatic rings. The van der Waals surface area contributed by atoms with Gasteiger partial charge < -0.3 is 19.3 Å². The van der Waals surface area contributed by atoms with Crippen molar-refractivity contribution in [3.05, 3.63) is 78.4 Å². The predicted molar refractivity (Wildman–Crippen MR) is 109 cm³/mol. The van der Waals surface area contributed by atoms with Crippen molar-refractivity contribution >= 4 is 11.6 Å². The molecule has 4 rings (SSSR count). The summed E-state index contributed by atoms with van der Waals surface area (Å²) in [6.45, 7) is 0. The van der Waals surface area contributed by atoms with Gasteiger partial charge in [0.15, 0.2) is 0 Å². The number of amides is 1. The monoisotopic (exact) mass is 391 g/mol. The Morgan fingerprint density at radius 2 is 1.28 bits per heavy atom. The highest BCUT2D eigenvalue weighted by Crippen LogP contribution is 2.42. The number of phenolic OH excluding ortho intramolecular Hbond substituents is 1. The lowest BCUT2D eigenvalue weighted by Crippen LogP contribution is -2.61. The van der Waals surface area contributed by atoms with Gasteiger partial charge >= 0.3 is 0 Å². The van der Waals surface area contributed by atoms with E-state index in [1.54, 1.807) is 31.3 Å². The summed E-state index contributed by atoms with van der Waals surface area (Å²) in [6, 6.07) is 21.0. The zero-order valence-corrected chi connectivity index (χ0v) is 16.1. The van der Waals surface area contributed by atoms with Gasteiger partial charge in [-0.1, -0.05) is 12.1 Å². The van der Waals surface area contributed by atoms with Crippen molar-refractivity contribution in [2.45, 2.75) is 12.1 Å². The number of carbonyl (C=O) groups is 1. The normalized spacial score (nSPS) is 18.1. The highest BCUT2D eigenvalue weighted by atomic mass is 16.5. The minimum atomic E-state index is -0.671. The van der Waals surface area contributed by atoms with Gasteiger partial charge in [-0.15, -0.1) is 0 Å². The molecule has 1 amide bonds. The second-order valence-corrected chi connectivity index (χ2v) is 6.66. The lowest BCUT2D eigenvalue weighted by atomic mass is 9.89. The number of methoxy groups -OCH3 is 2. The molecule has 1 aliphatic rings. The van der Waals surface area contributed by atoms with Crippen molar-refractivity contribution in [3.63, 3.8) is 0 Å². The molecular weight excluding hydrogens is 370 g/mol. The van der Waals surface area contributed by atoms with Crippen molar-refractivity contribution in [1.82, 2.24) is 0 Å². The van der Waals surface area contributed by atoms with Crippen molar-refractivity contribution in [1.29, 1.82) is 0 Å². The van der Waals surface area contributed by atoms with Crippen LogP contribution in [0.3, 0.4) is 0 Å². The number of phenols is 1. The third kappa shape index (κ3) is 3.57. The predicted octanol–water partition coefficient (Wildman–Crippen LogP) is 3.94. The molecule has 0 radical (unpaired) electrons. The molecule has 0 aromatic heterocycles. The van der Waals surface area contributed by atoms with Gasteiger partial charge in [-0.2, -0.15) is 0 Å². The van der Waals surface area contributed by atoms with Crippen LogP contribution in [0.4, 0.5) is 5.69 Å². The number of benzene rings is 3. The van der Waals surface area contributed by atoms with Crippen LogP contribution in [0.1, 0.15) is 11.6 Å². The van der Waals surface area contributed by atoms with Gasteiger partial charge in [-0.3, -0.25) is 9.69 Å². The summed E-state index contributed by atoms with van der Waals surface area (Å²) in [5, 5.41) is 9.47. The van der Waals surface area contributed by atoms with Crippen LogP contribution in [0, 0.1) is 0 Å². The first-order valence-corrected chi connectivity index (χ1v) is 9.17. The van der Waals surface area contributed by atoms with Gasteiger partial charge in [0.05, 0.1) is 14.2 Å². The van der Waals surface area contributed by atoms with Crippen LogP contribution in [0.5, 0.6) is 23.0 Å². The molecule has 0 bridgehead atoms. The van der Waals surface area contributed by atoms with E-state index in [0.29, 0.717) is 5.75 Å². The molecule has 1 saturated heterocycles. The van der Waals surface area contributed by atoms with Crippen molar-refractivity contribution in [2.75, 3.05) is 19.1 Å². The molecular formula is C23H21NO5. The molecule has 0 saturated carbocycles. The molecule has 29 heavy (non-hydrogen) atoms. The maximum absolute atomic E-state index is 13.0. The molecule has 0 aliphatic carbocycles. The maximum Gasteiger partial charge on any atom is 0.271 e. The van der Waals surface area contributed by atoms with E-state index < -0.39 is 6.10 Å². The summed E-state index contributed by atoms with van der Waals surface area (Å²) >= 11 is 0. The third-order valence-corrected chi connectivity index (χ3v) is 4.95. The molecule has 1 heterocycles. The fraction of sp³-hybridized carbons (Fsp3) is 0.174. The average Bonchev–Trinajstić information content (AvgIpc) is 2.77. The van der Waals surface area contributed by atoms with Crippen LogP contribution in [0.2, 0.25) is 0 Å². The van der Waals surface area contributed by atoms with Gasteiger partial charge in [0.1, 0.15) is 29.0 Å². The lowest BCUT2D eigenvalue weighted by Gasteiger charge is -2.46. The van der Waals surface area contributed by atoms with Crippen LogP contribution >= 0.6 is 0 Å². The fourth-order valence-electron chi connectivity index (χ4n) is 3.40. The van der Waals surface area contributed by atoms with Gasteiger partial charge in [0, 0.05) is 5.69 Å². The number of anilines is 1. The highest BCUT2D eigenvalue weighted by Gasteiger charge is 2.51. The first kappa shape index (κ1) is 18.7. The minimum Gasteiger partial charge on any atom is -0.508 e. The van der Waals surface area contributed by atoms with Crippen LogP contribution in [-0.2, 0) is 4.79 Å². The Balaban J connectivity index is 1.66. The van der Waals surface area contributed by atoms with E-state index in [2.05, 4.69) is 0 Å². The summed E-state index contributed by atoms with van der Waals surface area (Å²) < 4.78 is 16.4. The largest absolute Gasteiger partial charge is 0.508 e. The number of hydrogen-bond acceptors (Lipinski definition) is 5. The number of ether oxygens (including phenoxy) is 3. The van der Waals surface area contributed by atoms with Crippen molar-refractivity contribution in [3.8, 4) is 23.0 Å². The fourth-order valence-corrected chi connectivity index (χ4v) is 3.40. The molecule has 1 N–H and O–H groups in total. The molecule has 1 aliphatic heterocycles. The Morgan fingerprint density at radius 3 is 1.83 bits per heavy atom. The average molecular weight is 391 g/mol. The molecule has 3 aromatic carbocycles. The number of β-lactam (4-membered cyclic amide) rings is 1. The summed E-state index contributed by atoms with van der Waals surface area (Å²) in [5.74, 6) is 1.99. The standard InChI is InChI=1S/C23H21NO5/c1-27-18-9-3-15(4-10-18)21-22(29-20-13-7-17(25)8-14-20)23(26)24(21)16-5-11-19(28-2)12-6-16/h3-14,21-22,25H,1-2H3/t21-,22+/m0/s1. The maximum atomic E-state index is 13.0. The Labute approximate surface area is 168 Å². The molecule has 148 valence electrons. The summed E-state index contributed by atoms with van der Waals surface area (Å²) in [7, 11) is 3.22. The Morgan fingerprint density at radius 1 is 0.759 bits per heavy atom. The second kappa shape index (κ2) is 7.75. The number of aromatic hydroxyl groups is 1. The van der Waals surface area contributed by atoms with Gasteiger partial charge in [0.2, 0.25) is 6.10 Å². The van der Waals surface area contributed by atoms with Crippen LogP contribution in [-0.4, -0.2) is 31.3 Å². The summed E-state index contributed by atoms with van der Waals surface area (Å²) in [6.07, 6.45) is -0.671. The minimum absolute atomic E-state index is 0.135. The quantitative estimate of drug-likeness (QED) is 0.645. The molecule has 1 fully saturated rings. The van der Waals surface area contributed by atoms with E-state index in [9.17, 15) is 9.90 Å². The number of nitrogens with zero attached hydrogens (tertiary/aromatic N) is 1. The zero-order chi connectivity index (χ0) is 20.4.